The number of aromatic nitrogens is 2. The van der Waals surface area contributed by atoms with Gasteiger partial charge in [0, 0.05) is 13.0 Å². The Labute approximate surface area is 132 Å². The summed E-state index contributed by atoms with van der Waals surface area (Å²) in [5.41, 5.74) is 2.21. The highest BCUT2D eigenvalue weighted by Crippen LogP contribution is 2.22. The van der Waals surface area contributed by atoms with Crippen molar-refractivity contribution in [1.29, 1.82) is 0 Å². The average Bonchev–Trinajstić information content (AvgIpc) is 3.06. The van der Waals surface area contributed by atoms with Crippen LogP contribution in [0.1, 0.15) is 33.2 Å². The summed E-state index contributed by atoms with van der Waals surface area (Å²) in [6.07, 6.45) is 1.72. The zero-order valence-electron chi connectivity index (χ0n) is 12.5. The Morgan fingerprint density at radius 3 is 2.86 bits per heavy atom. The fourth-order valence-electron chi connectivity index (χ4n) is 2.36. The molecule has 0 atom stereocenters. The summed E-state index contributed by atoms with van der Waals surface area (Å²) in [7, 11) is 0. The zero-order valence-corrected chi connectivity index (χ0v) is 13.4. The zero-order chi connectivity index (χ0) is 15.5. The van der Waals surface area contributed by atoms with Gasteiger partial charge in [0.1, 0.15) is 11.3 Å². The van der Waals surface area contributed by atoms with Crippen LogP contribution in [-0.4, -0.2) is 22.6 Å². The number of para-hydroxylation sites is 1. The SMILES string of the molecule is Cc1noc(C)c1C(=O)NCCCc1nc2ccccc2s1. The number of hydrogen-bond donors (Lipinski definition) is 1. The van der Waals surface area contributed by atoms with Crippen molar-refractivity contribution < 1.29 is 9.32 Å². The summed E-state index contributed by atoms with van der Waals surface area (Å²) in [5, 5.41) is 7.81. The van der Waals surface area contributed by atoms with E-state index in [-0.39, 0.29) is 5.91 Å². The van der Waals surface area contributed by atoms with E-state index in [4.69, 9.17) is 4.52 Å². The molecule has 0 saturated heterocycles. The third-order valence-corrected chi connectivity index (χ3v) is 4.55. The molecule has 0 aliphatic heterocycles. The van der Waals surface area contributed by atoms with Crippen molar-refractivity contribution in [3.05, 3.63) is 46.3 Å². The van der Waals surface area contributed by atoms with Crippen molar-refractivity contribution in [2.75, 3.05) is 6.54 Å². The molecule has 6 heteroatoms. The lowest BCUT2D eigenvalue weighted by molar-refractivity contribution is 0.0951. The maximum atomic E-state index is 12.1. The molecule has 1 aromatic carbocycles. The van der Waals surface area contributed by atoms with Gasteiger partial charge in [-0.2, -0.15) is 0 Å². The number of carbonyl (C=O) groups excluding carboxylic acids is 1. The number of fused-ring (bicyclic) bond motifs is 1. The van der Waals surface area contributed by atoms with Gasteiger partial charge in [-0.05, 0) is 32.4 Å². The van der Waals surface area contributed by atoms with E-state index in [9.17, 15) is 4.79 Å². The molecule has 0 fully saturated rings. The van der Waals surface area contributed by atoms with Crippen LogP contribution in [0.15, 0.2) is 28.8 Å². The van der Waals surface area contributed by atoms with Gasteiger partial charge in [0.25, 0.3) is 5.91 Å². The molecule has 0 spiro atoms. The molecule has 0 radical (unpaired) electrons. The Morgan fingerprint density at radius 1 is 1.32 bits per heavy atom. The van der Waals surface area contributed by atoms with Crippen LogP contribution in [0.2, 0.25) is 0 Å². The highest BCUT2D eigenvalue weighted by Gasteiger charge is 2.16. The number of thiazole rings is 1. The van der Waals surface area contributed by atoms with Crippen LogP contribution in [0.5, 0.6) is 0 Å². The molecule has 2 heterocycles. The first-order chi connectivity index (χ1) is 10.6. The minimum absolute atomic E-state index is 0.124. The Bertz CT molecular complexity index is 754. The summed E-state index contributed by atoms with van der Waals surface area (Å²) in [4.78, 5) is 16.7. The molecule has 1 N–H and O–H groups in total. The summed E-state index contributed by atoms with van der Waals surface area (Å²) < 4.78 is 6.21. The lowest BCUT2D eigenvalue weighted by Crippen LogP contribution is -2.25. The van der Waals surface area contributed by atoms with E-state index < -0.39 is 0 Å². The van der Waals surface area contributed by atoms with Gasteiger partial charge in [0.05, 0.1) is 20.9 Å². The van der Waals surface area contributed by atoms with Gasteiger partial charge in [-0.3, -0.25) is 4.79 Å². The molecule has 0 saturated carbocycles. The van der Waals surface area contributed by atoms with E-state index in [1.807, 2.05) is 18.2 Å². The van der Waals surface area contributed by atoms with Crippen LogP contribution in [0.3, 0.4) is 0 Å². The molecule has 1 amide bonds. The molecule has 0 unspecified atom stereocenters. The van der Waals surface area contributed by atoms with E-state index in [1.54, 1.807) is 25.2 Å². The molecule has 3 aromatic rings. The summed E-state index contributed by atoms with van der Waals surface area (Å²) in [6.45, 7) is 4.13. The van der Waals surface area contributed by atoms with Crippen LogP contribution in [-0.2, 0) is 6.42 Å². The first-order valence-electron chi connectivity index (χ1n) is 7.20. The number of nitrogens with one attached hydrogen (secondary N) is 1. The van der Waals surface area contributed by atoms with Crippen LogP contribution in [0, 0.1) is 13.8 Å². The molecule has 114 valence electrons. The van der Waals surface area contributed by atoms with Gasteiger partial charge in [-0.15, -0.1) is 11.3 Å². The van der Waals surface area contributed by atoms with E-state index in [1.165, 1.54) is 4.70 Å². The van der Waals surface area contributed by atoms with Crippen LogP contribution in [0.25, 0.3) is 10.2 Å². The lowest BCUT2D eigenvalue weighted by atomic mass is 10.2. The Morgan fingerprint density at radius 2 is 2.14 bits per heavy atom. The second-order valence-corrected chi connectivity index (χ2v) is 6.25. The fraction of sp³-hybridized carbons (Fsp3) is 0.312. The molecule has 3 rings (SSSR count). The quantitative estimate of drug-likeness (QED) is 0.734. The first kappa shape index (κ1) is 14.7. The van der Waals surface area contributed by atoms with Gasteiger partial charge < -0.3 is 9.84 Å². The minimum atomic E-state index is -0.124. The van der Waals surface area contributed by atoms with Crippen molar-refractivity contribution in [1.82, 2.24) is 15.5 Å². The van der Waals surface area contributed by atoms with E-state index in [2.05, 4.69) is 21.5 Å². The van der Waals surface area contributed by atoms with E-state index in [0.29, 0.717) is 23.6 Å². The molecular formula is C16H17N3O2S. The summed E-state index contributed by atoms with van der Waals surface area (Å²) in [5.74, 6) is 0.432. The number of amides is 1. The van der Waals surface area contributed by atoms with Gasteiger partial charge >= 0.3 is 0 Å². The monoisotopic (exact) mass is 315 g/mol. The van der Waals surface area contributed by atoms with Gasteiger partial charge in [-0.25, -0.2) is 4.98 Å². The smallest absolute Gasteiger partial charge is 0.256 e. The number of nitrogens with zero attached hydrogens (tertiary/aromatic N) is 2. The standard InChI is InChI=1S/C16H17N3O2S/c1-10-15(11(2)21-19-10)16(20)17-9-5-8-14-18-12-6-3-4-7-13(12)22-14/h3-4,6-7H,5,8-9H2,1-2H3,(H,17,20). The molecule has 2 aromatic heterocycles. The number of rotatable bonds is 5. The lowest BCUT2D eigenvalue weighted by Gasteiger charge is -2.03. The second kappa shape index (κ2) is 6.27. The molecule has 0 aliphatic rings. The minimum Gasteiger partial charge on any atom is -0.361 e. The van der Waals surface area contributed by atoms with Gasteiger partial charge in [0.2, 0.25) is 0 Å². The summed E-state index contributed by atoms with van der Waals surface area (Å²) >= 11 is 1.71. The molecule has 22 heavy (non-hydrogen) atoms. The van der Waals surface area contributed by atoms with Crippen LogP contribution < -0.4 is 5.32 Å². The van der Waals surface area contributed by atoms with E-state index >= 15 is 0 Å². The van der Waals surface area contributed by atoms with Gasteiger partial charge in [0.15, 0.2) is 0 Å². The second-order valence-electron chi connectivity index (χ2n) is 5.13. The average molecular weight is 315 g/mol. The van der Waals surface area contributed by atoms with Crippen LogP contribution >= 0.6 is 11.3 Å². The highest BCUT2D eigenvalue weighted by molar-refractivity contribution is 7.18. The number of aryl methyl sites for hydroxylation is 3. The van der Waals surface area contributed by atoms with Crippen molar-refractivity contribution in [3.8, 4) is 0 Å². The number of carbonyl (C=O) groups is 1. The van der Waals surface area contributed by atoms with Crippen molar-refractivity contribution in [2.45, 2.75) is 26.7 Å². The maximum absolute atomic E-state index is 12.1. The largest absolute Gasteiger partial charge is 0.361 e. The third-order valence-electron chi connectivity index (χ3n) is 3.45. The molecule has 0 bridgehead atoms. The number of hydrogen-bond acceptors (Lipinski definition) is 5. The molecule has 0 aliphatic carbocycles. The Balaban J connectivity index is 1.52. The Hall–Kier alpha value is -2.21. The molecule has 5 nitrogen and oxygen atoms in total. The van der Waals surface area contributed by atoms with Gasteiger partial charge in [-0.1, -0.05) is 17.3 Å². The predicted molar refractivity (Wildman–Crippen MR) is 86.3 cm³/mol. The Kier molecular flexibility index (Phi) is 4.20. The predicted octanol–water partition coefficient (Wildman–Crippen LogP) is 3.26. The summed E-state index contributed by atoms with van der Waals surface area (Å²) in [6, 6.07) is 8.12. The topological polar surface area (TPSA) is 68.0 Å². The third kappa shape index (κ3) is 3.01. The first-order valence-corrected chi connectivity index (χ1v) is 8.02. The maximum Gasteiger partial charge on any atom is 0.256 e. The number of benzene rings is 1. The highest BCUT2D eigenvalue weighted by atomic mass is 32.1. The van der Waals surface area contributed by atoms with Crippen LogP contribution in [0.4, 0.5) is 0 Å². The normalized spacial score (nSPS) is 11.0. The van der Waals surface area contributed by atoms with Crippen molar-refractivity contribution >= 4 is 27.5 Å². The molecular weight excluding hydrogens is 298 g/mol. The van der Waals surface area contributed by atoms with Crippen molar-refractivity contribution in [2.24, 2.45) is 0 Å². The van der Waals surface area contributed by atoms with Crippen molar-refractivity contribution in [3.63, 3.8) is 0 Å². The fourth-order valence-corrected chi connectivity index (χ4v) is 3.37. The van der Waals surface area contributed by atoms with E-state index in [0.717, 1.165) is 23.4 Å².